The monoisotopic (exact) mass is 392 g/mol. The lowest BCUT2D eigenvalue weighted by Gasteiger charge is -2.63. The first-order valence-electron chi connectivity index (χ1n) is 11.4. The molecule has 0 aromatic heterocycles. The second-order valence-electron chi connectivity index (χ2n) is 12.6. The molecule has 0 aromatic carbocycles. The Hall–Kier alpha value is -0.153. The molecule has 0 amide bonds. The Morgan fingerprint density at radius 2 is 1.67 bits per heavy atom. The molecule has 156 valence electrons. The zero-order chi connectivity index (χ0) is 20.4. The van der Waals surface area contributed by atoms with Crippen LogP contribution < -0.4 is 0 Å². The van der Waals surface area contributed by atoms with Crippen molar-refractivity contribution in [2.24, 2.45) is 34.5 Å². The number of fused-ring (bicyclic) bond motifs is 3. The van der Waals surface area contributed by atoms with Gasteiger partial charge in [-0.25, -0.2) is 0 Å². The molecule has 3 heteroatoms. The molecule has 6 atom stereocenters. The van der Waals surface area contributed by atoms with E-state index in [1.807, 2.05) is 0 Å². The molecular weight excluding hydrogens is 348 g/mol. The summed E-state index contributed by atoms with van der Waals surface area (Å²) < 4.78 is 7.00. The number of hydrogen-bond acceptors (Lipinski definition) is 2. The Balaban J connectivity index is 1.87. The van der Waals surface area contributed by atoms with Crippen LogP contribution in [0.5, 0.6) is 0 Å². The first-order valence-corrected chi connectivity index (χ1v) is 14.3. The summed E-state index contributed by atoms with van der Waals surface area (Å²) in [6, 6.07) is 0. The lowest BCUT2D eigenvalue weighted by Crippen LogP contribution is -2.60. The molecule has 0 spiro atoms. The maximum Gasteiger partial charge on any atom is 0.192 e. The fraction of sp³-hybridized carbons (Fsp3) is 0.958. The Morgan fingerprint density at radius 1 is 1.04 bits per heavy atom. The first kappa shape index (κ1) is 21.6. The summed E-state index contributed by atoms with van der Waals surface area (Å²) in [7, 11) is -1.77. The summed E-state index contributed by atoms with van der Waals surface area (Å²) >= 11 is 0. The van der Waals surface area contributed by atoms with Crippen molar-refractivity contribution in [3.8, 4) is 0 Å². The Labute approximate surface area is 169 Å². The molecule has 0 radical (unpaired) electrons. The van der Waals surface area contributed by atoms with Gasteiger partial charge in [-0.2, -0.15) is 0 Å². The summed E-state index contributed by atoms with van der Waals surface area (Å²) in [6.07, 6.45) is 7.06. The van der Waals surface area contributed by atoms with Crippen molar-refractivity contribution in [3.63, 3.8) is 0 Å². The second kappa shape index (κ2) is 6.69. The zero-order valence-electron chi connectivity index (χ0n) is 19.4. The lowest BCUT2D eigenvalue weighted by atomic mass is 9.43. The molecule has 3 saturated carbocycles. The van der Waals surface area contributed by atoms with E-state index in [2.05, 4.69) is 61.6 Å². The van der Waals surface area contributed by atoms with E-state index in [1.165, 1.54) is 19.3 Å². The summed E-state index contributed by atoms with van der Waals surface area (Å²) in [5.74, 6) is 3.13. The van der Waals surface area contributed by atoms with Crippen LogP contribution in [0.4, 0.5) is 0 Å². The van der Waals surface area contributed by atoms with Gasteiger partial charge in [0.05, 0.1) is 6.10 Å². The number of rotatable bonds is 2. The standard InChI is InChI=1S/C24H44O2Si/c1-16-14-17(25)15-19-18(16)10-11-20-23(5,6)21(12-13-24(19,20)7)26-27(8,9)22(2,3)4/h16,18-21H,10-15H2,1-9H3/t16-,18+,19+,20+,21+,24-/m0/s1. The third-order valence-electron chi connectivity index (χ3n) is 9.59. The van der Waals surface area contributed by atoms with Gasteiger partial charge in [-0.3, -0.25) is 4.79 Å². The van der Waals surface area contributed by atoms with Crippen molar-refractivity contribution in [1.82, 2.24) is 0 Å². The van der Waals surface area contributed by atoms with Crippen LogP contribution in [0.25, 0.3) is 0 Å². The van der Waals surface area contributed by atoms with E-state index in [0.29, 0.717) is 35.1 Å². The van der Waals surface area contributed by atoms with Crippen LogP contribution in [-0.4, -0.2) is 20.2 Å². The SMILES string of the molecule is C[C@H]1CC(=O)C[C@@H]2[C@@H]1CC[C@@H]1C(C)(C)[C@H](O[Si](C)(C)C(C)(C)C)CC[C@@]21C. The van der Waals surface area contributed by atoms with Gasteiger partial charge in [0.25, 0.3) is 0 Å². The maximum atomic E-state index is 12.4. The van der Waals surface area contributed by atoms with Gasteiger partial charge >= 0.3 is 0 Å². The molecule has 27 heavy (non-hydrogen) atoms. The fourth-order valence-corrected chi connectivity index (χ4v) is 8.39. The molecule has 3 aliphatic carbocycles. The molecule has 0 unspecified atom stereocenters. The van der Waals surface area contributed by atoms with Crippen LogP contribution in [-0.2, 0) is 9.22 Å². The van der Waals surface area contributed by atoms with Crippen molar-refractivity contribution in [2.45, 2.75) is 111 Å². The van der Waals surface area contributed by atoms with E-state index in [4.69, 9.17) is 4.43 Å². The average molecular weight is 393 g/mol. The van der Waals surface area contributed by atoms with E-state index in [0.717, 1.165) is 25.2 Å². The maximum absolute atomic E-state index is 12.4. The molecule has 0 aromatic rings. The first-order chi connectivity index (χ1) is 12.2. The number of Topliss-reactive ketones (excluding diaryl/α,β-unsaturated/α-hetero) is 1. The fourth-order valence-electron chi connectivity index (χ4n) is 6.91. The largest absolute Gasteiger partial charge is 0.413 e. The molecule has 3 aliphatic rings. The van der Waals surface area contributed by atoms with E-state index >= 15 is 0 Å². The Bertz CT molecular complexity index is 588. The molecule has 0 heterocycles. The molecule has 3 fully saturated rings. The highest BCUT2D eigenvalue weighted by Gasteiger charge is 2.60. The molecule has 0 bridgehead atoms. The topological polar surface area (TPSA) is 26.3 Å². The van der Waals surface area contributed by atoms with E-state index in [9.17, 15) is 4.79 Å². The smallest absolute Gasteiger partial charge is 0.192 e. The number of hydrogen-bond donors (Lipinski definition) is 0. The van der Waals surface area contributed by atoms with Crippen LogP contribution >= 0.6 is 0 Å². The minimum Gasteiger partial charge on any atom is -0.413 e. The summed E-state index contributed by atoms with van der Waals surface area (Å²) in [5, 5.41) is 0.257. The van der Waals surface area contributed by atoms with Crippen molar-refractivity contribution in [3.05, 3.63) is 0 Å². The van der Waals surface area contributed by atoms with E-state index < -0.39 is 8.32 Å². The predicted octanol–water partition coefficient (Wildman–Crippen LogP) is 6.84. The summed E-state index contributed by atoms with van der Waals surface area (Å²) in [4.78, 5) is 12.4. The van der Waals surface area contributed by atoms with Crippen LogP contribution in [0.15, 0.2) is 0 Å². The highest BCUT2D eigenvalue weighted by Crippen LogP contribution is 2.64. The van der Waals surface area contributed by atoms with Crippen LogP contribution in [0.3, 0.4) is 0 Å². The average Bonchev–Trinajstić information content (AvgIpc) is 2.50. The number of carbonyl (C=O) groups is 1. The molecular formula is C24H44O2Si. The third-order valence-corrected chi connectivity index (χ3v) is 14.1. The van der Waals surface area contributed by atoms with Gasteiger partial charge in [0.2, 0.25) is 0 Å². The Morgan fingerprint density at radius 3 is 2.26 bits per heavy atom. The molecule has 3 rings (SSSR count). The minimum atomic E-state index is -1.77. The van der Waals surface area contributed by atoms with Gasteiger partial charge in [-0.05, 0) is 78.3 Å². The molecule has 0 N–H and O–H groups in total. The van der Waals surface area contributed by atoms with Gasteiger partial charge in [0, 0.05) is 12.8 Å². The molecule has 0 aliphatic heterocycles. The van der Waals surface area contributed by atoms with Crippen LogP contribution in [0.1, 0.15) is 87.0 Å². The summed E-state index contributed by atoms with van der Waals surface area (Å²) in [6.45, 7) is 21.6. The van der Waals surface area contributed by atoms with Gasteiger partial charge in [-0.1, -0.05) is 48.5 Å². The van der Waals surface area contributed by atoms with Crippen molar-refractivity contribution < 1.29 is 9.22 Å². The zero-order valence-corrected chi connectivity index (χ0v) is 20.4. The van der Waals surface area contributed by atoms with Gasteiger partial charge < -0.3 is 4.43 Å². The van der Waals surface area contributed by atoms with Gasteiger partial charge in [0.1, 0.15) is 5.78 Å². The number of carbonyl (C=O) groups excluding carboxylic acids is 1. The Kier molecular flexibility index (Phi) is 5.34. The van der Waals surface area contributed by atoms with Gasteiger partial charge in [-0.15, -0.1) is 0 Å². The van der Waals surface area contributed by atoms with Crippen molar-refractivity contribution in [1.29, 1.82) is 0 Å². The third kappa shape index (κ3) is 3.50. The second-order valence-corrected chi connectivity index (χ2v) is 17.3. The van der Waals surface area contributed by atoms with Crippen molar-refractivity contribution >= 4 is 14.1 Å². The minimum absolute atomic E-state index is 0.192. The van der Waals surface area contributed by atoms with Gasteiger partial charge in [0.15, 0.2) is 8.32 Å². The van der Waals surface area contributed by atoms with Crippen molar-refractivity contribution in [2.75, 3.05) is 0 Å². The van der Waals surface area contributed by atoms with E-state index in [-0.39, 0.29) is 10.5 Å². The number of ketones is 1. The summed E-state index contributed by atoms with van der Waals surface area (Å²) in [5.41, 5.74) is 0.501. The lowest BCUT2D eigenvalue weighted by molar-refractivity contribution is -0.165. The normalized spacial score (nSPS) is 42.4. The molecule has 0 saturated heterocycles. The molecule has 2 nitrogen and oxygen atoms in total. The highest BCUT2D eigenvalue weighted by atomic mass is 28.4. The quantitative estimate of drug-likeness (QED) is 0.481. The van der Waals surface area contributed by atoms with E-state index in [1.54, 1.807) is 0 Å². The predicted molar refractivity (Wildman–Crippen MR) is 116 cm³/mol. The highest BCUT2D eigenvalue weighted by molar-refractivity contribution is 6.74. The van der Waals surface area contributed by atoms with Crippen LogP contribution in [0, 0.1) is 34.5 Å². The van der Waals surface area contributed by atoms with Crippen LogP contribution in [0.2, 0.25) is 18.1 Å².